The third kappa shape index (κ3) is 5.06. The van der Waals surface area contributed by atoms with Crippen LogP contribution in [-0.4, -0.2) is 41.7 Å². The zero-order chi connectivity index (χ0) is 16.7. The minimum Gasteiger partial charge on any atom is -0.484 e. The average Bonchev–Trinajstić information content (AvgIpc) is 2.59. The normalized spacial score (nSPS) is 10.0. The van der Waals surface area contributed by atoms with E-state index in [1.807, 2.05) is 0 Å². The highest BCUT2D eigenvalue weighted by molar-refractivity contribution is 5.77. The van der Waals surface area contributed by atoms with Crippen molar-refractivity contribution < 1.29 is 23.4 Å². The second-order valence-corrected chi connectivity index (χ2v) is 4.24. The van der Waals surface area contributed by atoms with Crippen molar-refractivity contribution in [2.75, 3.05) is 20.8 Å². The predicted octanol–water partition coefficient (Wildman–Crippen LogP) is 0.723. The van der Waals surface area contributed by atoms with Gasteiger partial charge >= 0.3 is 12.0 Å². The Morgan fingerprint density at radius 3 is 2.26 bits per heavy atom. The van der Waals surface area contributed by atoms with Gasteiger partial charge in [-0.1, -0.05) is 0 Å². The number of benzene rings is 1. The van der Waals surface area contributed by atoms with Crippen molar-refractivity contribution in [2.24, 2.45) is 0 Å². The monoisotopic (exact) mass is 322 g/mol. The molecule has 23 heavy (non-hydrogen) atoms. The molecule has 1 amide bonds. The summed E-state index contributed by atoms with van der Waals surface area (Å²) in [4.78, 5) is 23.5. The smallest absolute Gasteiger partial charge is 0.322 e. The van der Waals surface area contributed by atoms with E-state index in [-0.39, 0.29) is 42.7 Å². The van der Waals surface area contributed by atoms with Gasteiger partial charge in [-0.2, -0.15) is 9.97 Å². The van der Waals surface area contributed by atoms with Crippen molar-refractivity contribution in [2.45, 2.75) is 6.54 Å². The molecule has 2 rings (SSSR count). The third-order valence-electron chi connectivity index (χ3n) is 2.63. The number of carbonyl (C=O) groups is 1. The molecule has 1 heterocycles. The summed E-state index contributed by atoms with van der Waals surface area (Å²) in [6.45, 7) is -0.161. The second kappa shape index (κ2) is 7.87. The number of carbonyl (C=O) groups excluding carboxylic acids is 1. The first-order valence-electron chi connectivity index (χ1n) is 6.58. The minimum absolute atomic E-state index is 0.0564. The lowest BCUT2D eigenvalue weighted by Gasteiger charge is -2.08. The lowest BCUT2D eigenvalue weighted by atomic mass is 10.3. The molecule has 0 aliphatic heterocycles. The number of halogens is 1. The fourth-order valence-electron chi connectivity index (χ4n) is 1.55. The topological polar surface area (TPSA) is 95.5 Å². The molecule has 2 aromatic rings. The van der Waals surface area contributed by atoms with E-state index in [0.717, 1.165) is 0 Å². The summed E-state index contributed by atoms with van der Waals surface area (Å²) >= 11 is 0. The lowest BCUT2D eigenvalue weighted by Crippen LogP contribution is -2.29. The number of nitrogens with one attached hydrogen (secondary N) is 1. The number of amides is 1. The summed E-state index contributed by atoms with van der Waals surface area (Å²) in [5.41, 5.74) is 0. The molecular weight excluding hydrogens is 307 g/mol. The molecule has 0 unspecified atom stereocenters. The molecule has 0 spiro atoms. The lowest BCUT2D eigenvalue weighted by molar-refractivity contribution is -0.123. The average molecular weight is 322 g/mol. The molecule has 1 N–H and O–H groups in total. The molecule has 0 aliphatic carbocycles. The third-order valence-corrected chi connectivity index (χ3v) is 2.63. The van der Waals surface area contributed by atoms with E-state index in [1.54, 1.807) is 0 Å². The van der Waals surface area contributed by atoms with Gasteiger partial charge in [-0.05, 0) is 24.3 Å². The van der Waals surface area contributed by atoms with Crippen LogP contribution < -0.4 is 19.5 Å². The van der Waals surface area contributed by atoms with Gasteiger partial charge in [0.2, 0.25) is 0 Å². The standard InChI is InChI=1S/C14H15FN4O4/c1-21-13-17-11(18-14(19-13)22-2)7-16-12(20)8-23-10-5-3-9(15)4-6-10/h3-6H,7-8H2,1-2H3,(H,16,20). The van der Waals surface area contributed by atoms with Crippen LogP contribution in [-0.2, 0) is 11.3 Å². The number of rotatable bonds is 7. The largest absolute Gasteiger partial charge is 0.484 e. The van der Waals surface area contributed by atoms with E-state index in [1.165, 1.54) is 38.5 Å². The molecule has 1 aromatic carbocycles. The van der Waals surface area contributed by atoms with Crippen molar-refractivity contribution in [1.29, 1.82) is 0 Å². The van der Waals surface area contributed by atoms with Crippen molar-refractivity contribution in [3.8, 4) is 17.8 Å². The van der Waals surface area contributed by atoms with E-state index in [4.69, 9.17) is 14.2 Å². The van der Waals surface area contributed by atoms with Gasteiger partial charge in [-0.15, -0.1) is 4.98 Å². The van der Waals surface area contributed by atoms with Crippen molar-refractivity contribution >= 4 is 5.91 Å². The highest BCUT2D eigenvalue weighted by Gasteiger charge is 2.09. The molecule has 0 bridgehead atoms. The Morgan fingerprint density at radius 1 is 1.09 bits per heavy atom. The van der Waals surface area contributed by atoms with Gasteiger partial charge in [-0.25, -0.2) is 4.39 Å². The van der Waals surface area contributed by atoms with Crippen molar-refractivity contribution in [3.63, 3.8) is 0 Å². The van der Waals surface area contributed by atoms with Crippen LogP contribution in [0.15, 0.2) is 24.3 Å². The first-order chi connectivity index (χ1) is 11.1. The van der Waals surface area contributed by atoms with Gasteiger partial charge in [0.15, 0.2) is 12.4 Å². The van der Waals surface area contributed by atoms with E-state index in [9.17, 15) is 9.18 Å². The van der Waals surface area contributed by atoms with Crippen LogP contribution in [0.2, 0.25) is 0 Å². The van der Waals surface area contributed by atoms with E-state index >= 15 is 0 Å². The highest BCUT2D eigenvalue weighted by Crippen LogP contribution is 2.11. The van der Waals surface area contributed by atoms with Gasteiger partial charge in [-0.3, -0.25) is 4.79 Å². The number of methoxy groups -OCH3 is 2. The molecule has 0 saturated heterocycles. The highest BCUT2D eigenvalue weighted by atomic mass is 19.1. The Kier molecular flexibility index (Phi) is 5.61. The Hall–Kier alpha value is -2.97. The zero-order valence-corrected chi connectivity index (χ0v) is 12.6. The summed E-state index contributed by atoms with van der Waals surface area (Å²) in [5.74, 6) is -0.0823. The summed E-state index contributed by atoms with van der Waals surface area (Å²) < 4.78 is 27.8. The van der Waals surface area contributed by atoms with E-state index in [2.05, 4.69) is 20.3 Å². The number of ether oxygens (including phenoxy) is 3. The Labute approximate surface area is 131 Å². The van der Waals surface area contributed by atoms with E-state index < -0.39 is 0 Å². The Morgan fingerprint density at radius 2 is 1.70 bits per heavy atom. The van der Waals surface area contributed by atoms with Gasteiger partial charge in [0.25, 0.3) is 5.91 Å². The maximum atomic E-state index is 12.7. The predicted molar refractivity (Wildman–Crippen MR) is 76.7 cm³/mol. The van der Waals surface area contributed by atoms with Crippen molar-refractivity contribution in [3.05, 3.63) is 35.9 Å². The first kappa shape index (κ1) is 16.4. The maximum Gasteiger partial charge on any atom is 0.322 e. The molecule has 0 fully saturated rings. The summed E-state index contributed by atoms with van der Waals surface area (Å²) in [5, 5.41) is 2.58. The zero-order valence-electron chi connectivity index (χ0n) is 12.6. The second-order valence-electron chi connectivity index (χ2n) is 4.24. The molecule has 8 nitrogen and oxygen atoms in total. The molecule has 0 saturated carbocycles. The van der Waals surface area contributed by atoms with Gasteiger partial charge in [0, 0.05) is 0 Å². The van der Waals surface area contributed by atoms with Gasteiger partial charge in [0.1, 0.15) is 11.6 Å². The first-order valence-corrected chi connectivity index (χ1v) is 6.58. The molecule has 1 aromatic heterocycles. The SMILES string of the molecule is COc1nc(CNC(=O)COc2ccc(F)cc2)nc(OC)n1. The van der Waals surface area contributed by atoms with Crippen LogP contribution in [0.3, 0.4) is 0 Å². The van der Waals surface area contributed by atoms with Crippen LogP contribution in [0.25, 0.3) is 0 Å². The van der Waals surface area contributed by atoms with Crippen LogP contribution in [0.1, 0.15) is 5.82 Å². The Balaban J connectivity index is 1.85. The summed E-state index contributed by atoms with van der Waals surface area (Å²) in [6.07, 6.45) is 0. The number of hydrogen-bond donors (Lipinski definition) is 1. The molecule has 9 heteroatoms. The summed E-state index contributed by atoms with van der Waals surface area (Å²) in [6, 6.07) is 5.54. The van der Waals surface area contributed by atoms with E-state index in [0.29, 0.717) is 5.75 Å². The quantitative estimate of drug-likeness (QED) is 0.802. The molecule has 0 atom stereocenters. The number of nitrogens with zero attached hydrogens (tertiary/aromatic N) is 3. The fourth-order valence-corrected chi connectivity index (χ4v) is 1.55. The van der Waals surface area contributed by atoms with Crippen LogP contribution >= 0.6 is 0 Å². The summed E-state index contributed by atoms with van der Waals surface area (Å²) in [7, 11) is 2.82. The van der Waals surface area contributed by atoms with Crippen LogP contribution in [0, 0.1) is 5.82 Å². The maximum absolute atomic E-state index is 12.7. The minimum atomic E-state index is -0.382. The fraction of sp³-hybridized carbons (Fsp3) is 0.286. The van der Waals surface area contributed by atoms with Crippen LogP contribution in [0.5, 0.6) is 17.8 Å². The van der Waals surface area contributed by atoms with Crippen molar-refractivity contribution in [1.82, 2.24) is 20.3 Å². The number of aromatic nitrogens is 3. The van der Waals surface area contributed by atoms with Gasteiger partial charge in [0.05, 0.1) is 20.8 Å². The molecule has 0 aliphatic rings. The van der Waals surface area contributed by atoms with Crippen LogP contribution in [0.4, 0.5) is 4.39 Å². The Bertz CT molecular complexity index is 644. The number of hydrogen-bond acceptors (Lipinski definition) is 7. The molecule has 0 radical (unpaired) electrons. The molecule has 122 valence electrons. The van der Waals surface area contributed by atoms with Gasteiger partial charge < -0.3 is 19.5 Å². The molecular formula is C14H15FN4O4.